The first-order chi connectivity index (χ1) is 52.6. The molecule has 8 heteroatoms. The first-order valence-electron chi connectivity index (χ1n) is 35.7. The van der Waals surface area contributed by atoms with Crippen molar-refractivity contribution in [2.75, 3.05) is 0 Å². The average molecular weight is 1350 g/mol. The predicted octanol–water partition coefficient (Wildman–Crippen LogP) is 24.9. The van der Waals surface area contributed by atoms with Crippen LogP contribution in [0, 0.1) is 0 Å². The van der Waals surface area contributed by atoms with Crippen molar-refractivity contribution >= 4 is 65.2 Å². The minimum Gasteiger partial charge on any atom is -0.309 e. The Kier molecular flexibility index (Phi) is 16.1. The molecule has 0 N–H and O–H groups in total. The Balaban J connectivity index is 0.000000145. The fourth-order valence-corrected chi connectivity index (χ4v) is 15.1. The molecule has 0 amide bonds. The van der Waals surface area contributed by atoms with E-state index >= 15 is 0 Å². The topological polar surface area (TPSA) is 87.2 Å². The maximum absolute atomic E-state index is 5.09. The third-order valence-electron chi connectivity index (χ3n) is 20.1. The zero-order valence-electron chi connectivity index (χ0n) is 57.5. The van der Waals surface area contributed by atoms with Gasteiger partial charge in [0.2, 0.25) is 0 Å². The maximum atomic E-state index is 5.09. The number of hydrogen-bond acceptors (Lipinski definition) is 6. The van der Waals surface area contributed by atoms with Crippen LogP contribution in [0.4, 0.5) is 0 Å². The quantitative estimate of drug-likeness (QED) is 0.121. The van der Waals surface area contributed by atoms with Crippen LogP contribution in [-0.2, 0) is 0 Å². The van der Waals surface area contributed by atoms with Crippen molar-refractivity contribution in [3.63, 3.8) is 0 Å². The molecule has 496 valence electrons. The summed E-state index contributed by atoms with van der Waals surface area (Å²) in [7, 11) is 0. The molecule has 0 saturated carbocycles. The van der Waals surface area contributed by atoms with Gasteiger partial charge in [-0.25, -0.2) is 29.9 Å². The lowest BCUT2D eigenvalue weighted by molar-refractivity contribution is 1.07. The average Bonchev–Trinajstić information content (AvgIpc) is 1.57. The zero-order chi connectivity index (χ0) is 70.3. The van der Waals surface area contributed by atoms with Crippen LogP contribution in [-0.4, -0.2) is 39.0 Å². The molecule has 0 aliphatic rings. The van der Waals surface area contributed by atoms with Gasteiger partial charge in [0.05, 0.1) is 22.1 Å². The Morgan fingerprint density at radius 1 is 0.160 bits per heavy atom. The molecule has 106 heavy (non-hydrogen) atoms. The van der Waals surface area contributed by atoms with E-state index in [0.29, 0.717) is 34.9 Å². The number of fused-ring (bicyclic) bond motifs is 8. The summed E-state index contributed by atoms with van der Waals surface area (Å²) in [5.74, 6) is 3.89. The Bertz CT molecular complexity index is 6530. The molecule has 0 aliphatic heterocycles. The molecule has 20 rings (SSSR count). The van der Waals surface area contributed by atoms with E-state index < -0.39 is 0 Å². The number of nitrogens with zero attached hydrogens (tertiary/aromatic N) is 8. The second-order valence-corrected chi connectivity index (χ2v) is 26.5. The van der Waals surface area contributed by atoms with Crippen LogP contribution >= 0.6 is 0 Å². The first kappa shape index (κ1) is 62.6. The third kappa shape index (κ3) is 11.7. The molecule has 0 unspecified atom stereocenters. The standard InChI is InChI=1S/2C49H32N4/c1-5-16-33(17-6-1)36-28-31-44-43(32-36)46-41(26-15-27-45(46)53(44)37-22-11-4-12-23-37)40-29-30-42(39-25-14-13-24-38(39)40)49-51-47(34-18-7-2-8-19-34)50-48(52-49)35-20-9-3-10-21-35;1-5-14-33(15-6-1)37-28-29-44-43(32-37)46-42(22-13-23-45(46)53(44)41-20-11-4-12-21-41)38-26-24-34-25-27-39(31-40(34)30-38)49-51-47(35-16-7-2-8-17-35)50-48(52-49)36-18-9-3-10-19-36/h2*1-32H. The molecular formula is C98H64N8. The van der Waals surface area contributed by atoms with E-state index in [-0.39, 0.29) is 0 Å². The summed E-state index contributed by atoms with van der Waals surface area (Å²) in [6, 6.07) is 136. The number of hydrogen-bond donors (Lipinski definition) is 0. The number of benzene rings is 16. The molecule has 20 aromatic rings. The van der Waals surface area contributed by atoms with Crippen LogP contribution in [0.2, 0.25) is 0 Å². The van der Waals surface area contributed by atoms with Crippen molar-refractivity contribution < 1.29 is 0 Å². The van der Waals surface area contributed by atoms with Crippen LogP contribution in [0.5, 0.6) is 0 Å². The molecule has 0 radical (unpaired) electrons. The van der Waals surface area contributed by atoms with Crippen molar-refractivity contribution in [2.24, 2.45) is 0 Å². The van der Waals surface area contributed by atoms with Crippen molar-refractivity contribution in [1.29, 1.82) is 0 Å². The lowest BCUT2D eigenvalue weighted by Gasteiger charge is -2.14. The monoisotopic (exact) mass is 1350 g/mol. The number of aromatic nitrogens is 8. The van der Waals surface area contributed by atoms with Gasteiger partial charge in [0.25, 0.3) is 0 Å². The van der Waals surface area contributed by atoms with Gasteiger partial charge in [-0.05, 0) is 145 Å². The fraction of sp³-hybridized carbons (Fsp3) is 0. The summed E-state index contributed by atoms with van der Waals surface area (Å²) in [5.41, 5.74) is 22.2. The molecule has 0 fully saturated rings. The lowest BCUT2D eigenvalue weighted by Crippen LogP contribution is -2.00. The smallest absolute Gasteiger partial charge is 0.164 e. The number of rotatable bonds is 12. The van der Waals surface area contributed by atoms with Gasteiger partial charge in [-0.15, -0.1) is 0 Å². The Hall–Kier alpha value is -14.3. The van der Waals surface area contributed by atoms with E-state index in [0.717, 1.165) is 77.4 Å². The molecule has 8 nitrogen and oxygen atoms in total. The summed E-state index contributed by atoms with van der Waals surface area (Å²) in [5, 5.41) is 9.40. The molecule has 0 spiro atoms. The van der Waals surface area contributed by atoms with Gasteiger partial charge < -0.3 is 9.13 Å². The Morgan fingerprint density at radius 3 is 0.934 bits per heavy atom. The molecule has 4 aromatic heterocycles. The van der Waals surface area contributed by atoms with Crippen LogP contribution < -0.4 is 0 Å². The summed E-state index contributed by atoms with van der Waals surface area (Å²) >= 11 is 0. The second-order valence-electron chi connectivity index (χ2n) is 26.5. The van der Waals surface area contributed by atoms with Crippen LogP contribution in [0.25, 0.3) is 189 Å². The summed E-state index contributed by atoms with van der Waals surface area (Å²) in [6.07, 6.45) is 0. The van der Waals surface area contributed by atoms with E-state index in [1.165, 1.54) is 77.0 Å². The second kappa shape index (κ2) is 27.2. The minimum absolute atomic E-state index is 0.645. The maximum Gasteiger partial charge on any atom is 0.164 e. The van der Waals surface area contributed by atoms with E-state index in [4.69, 9.17) is 29.9 Å². The SMILES string of the molecule is c1ccc(-c2ccc3c(c2)c2c(-c4ccc(-c5nc(-c6ccccc6)nc(-c6ccccc6)n5)c5ccccc45)cccc2n3-c2ccccc2)cc1.c1ccc(-c2ccc3c(c2)c2c(-c4ccc5ccc(-c6nc(-c7ccccc7)nc(-c7ccccc7)n6)cc5c4)cccc2n3-c2ccccc2)cc1. The van der Waals surface area contributed by atoms with Gasteiger partial charge in [0.15, 0.2) is 34.9 Å². The highest BCUT2D eigenvalue weighted by molar-refractivity contribution is 6.20. The van der Waals surface area contributed by atoms with Crippen molar-refractivity contribution in [3.05, 3.63) is 388 Å². The molecule has 0 atom stereocenters. The summed E-state index contributed by atoms with van der Waals surface area (Å²) in [4.78, 5) is 30.0. The highest BCUT2D eigenvalue weighted by Crippen LogP contribution is 2.45. The molecule has 0 saturated heterocycles. The van der Waals surface area contributed by atoms with Crippen molar-refractivity contribution in [1.82, 2.24) is 39.0 Å². The first-order valence-corrected chi connectivity index (χ1v) is 35.7. The normalized spacial score (nSPS) is 11.4. The van der Waals surface area contributed by atoms with Crippen LogP contribution in [0.1, 0.15) is 0 Å². The van der Waals surface area contributed by atoms with Gasteiger partial charge in [-0.2, -0.15) is 0 Å². The van der Waals surface area contributed by atoms with Gasteiger partial charge in [-0.3, -0.25) is 0 Å². The fourth-order valence-electron chi connectivity index (χ4n) is 15.1. The molecule has 0 aliphatic carbocycles. The van der Waals surface area contributed by atoms with Gasteiger partial charge in [0.1, 0.15) is 0 Å². The van der Waals surface area contributed by atoms with Crippen molar-refractivity contribution in [2.45, 2.75) is 0 Å². The summed E-state index contributed by atoms with van der Waals surface area (Å²) < 4.78 is 4.78. The Morgan fingerprint density at radius 2 is 0.491 bits per heavy atom. The summed E-state index contributed by atoms with van der Waals surface area (Å²) in [6.45, 7) is 0. The molecule has 0 bridgehead atoms. The zero-order valence-corrected chi connectivity index (χ0v) is 57.5. The molecule has 4 heterocycles. The van der Waals surface area contributed by atoms with Gasteiger partial charge >= 0.3 is 0 Å². The van der Waals surface area contributed by atoms with E-state index in [9.17, 15) is 0 Å². The molecule has 16 aromatic carbocycles. The highest BCUT2D eigenvalue weighted by Gasteiger charge is 2.23. The van der Waals surface area contributed by atoms with E-state index in [2.05, 4.69) is 276 Å². The van der Waals surface area contributed by atoms with E-state index in [1.807, 2.05) is 121 Å². The number of para-hydroxylation sites is 2. The van der Waals surface area contributed by atoms with Gasteiger partial charge in [-0.1, -0.05) is 309 Å². The third-order valence-corrected chi connectivity index (χ3v) is 20.1. The van der Waals surface area contributed by atoms with Crippen molar-refractivity contribution in [3.8, 4) is 124 Å². The van der Waals surface area contributed by atoms with E-state index in [1.54, 1.807) is 0 Å². The highest BCUT2D eigenvalue weighted by atomic mass is 15.0. The van der Waals surface area contributed by atoms with Crippen LogP contribution in [0.3, 0.4) is 0 Å². The van der Waals surface area contributed by atoms with Gasteiger partial charge in [0, 0.05) is 66.3 Å². The Labute approximate surface area is 612 Å². The largest absolute Gasteiger partial charge is 0.309 e. The lowest BCUT2D eigenvalue weighted by atomic mass is 9.92. The van der Waals surface area contributed by atoms with Crippen LogP contribution in [0.15, 0.2) is 388 Å². The molecular weight excluding hydrogens is 1290 g/mol. The predicted molar refractivity (Wildman–Crippen MR) is 438 cm³/mol. The minimum atomic E-state index is 0.645.